The van der Waals surface area contributed by atoms with Crippen molar-refractivity contribution < 1.29 is 8.42 Å². The van der Waals surface area contributed by atoms with Gasteiger partial charge in [0.25, 0.3) is 10.0 Å². The first-order chi connectivity index (χ1) is 10.1. The highest BCUT2D eigenvalue weighted by Crippen LogP contribution is 2.28. The Morgan fingerprint density at radius 3 is 2.62 bits per heavy atom. The quantitative estimate of drug-likeness (QED) is 0.893. The van der Waals surface area contributed by atoms with E-state index in [4.69, 9.17) is 11.6 Å². The van der Waals surface area contributed by atoms with E-state index in [9.17, 15) is 8.42 Å². The molecule has 0 amide bonds. The van der Waals surface area contributed by atoms with Gasteiger partial charge in [-0.3, -0.25) is 10.00 Å². The smallest absolute Gasteiger partial charge is 0.252 e. The summed E-state index contributed by atoms with van der Waals surface area (Å²) in [5, 5.41) is 6.61. The molecule has 0 spiro atoms. The maximum Gasteiger partial charge on any atom is 0.252 e. The van der Waals surface area contributed by atoms with Gasteiger partial charge in [-0.25, -0.2) is 13.4 Å². The van der Waals surface area contributed by atoms with E-state index in [1.165, 1.54) is 10.6 Å². The number of nitrogens with zero attached hydrogens (tertiary/aromatic N) is 4. The number of hydrogen-bond donors (Lipinski definition) is 1. The summed E-state index contributed by atoms with van der Waals surface area (Å²) in [4.78, 5) is 6.22. The fraction of sp³-hybridized carbons (Fsp3) is 0.455. The Hall–Kier alpha value is -1.00. The minimum atomic E-state index is -3.42. The molecular weight excluding hydrogens is 334 g/mol. The van der Waals surface area contributed by atoms with E-state index in [-0.39, 0.29) is 0 Å². The van der Waals surface area contributed by atoms with Crippen molar-refractivity contribution in [1.29, 1.82) is 0 Å². The molecule has 1 N–H and O–H groups in total. The number of halogens is 1. The summed E-state index contributed by atoms with van der Waals surface area (Å²) >= 11 is 6.91. The zero-order valence-corrected chi connectivity index (χ0v) is 13.5. The van der Waals surface area contributed by atoms with E-state index in [0.29, 0.717) is 41.3 Å². The first-order valence-electron chi connectivity index (χ1n) is 6.38. The molecule has 0 atom stereocenters. The van der Waals surface area contributed by atoms with Gasteiger partial charge in [0.15, 0.2) is 0 Å². The van der Waals surface area contributed by atoms with Crippen LogP contribution >= 0.6 is 22.9 Å². The van der Waals surface area contributed by atoms with Crippen molar-refractivity contribution in [3.05, 3.63) is 28.6 Å². The van der Waals surface area contributed by atoms with Crippen LogP contribution in [0.3, 0.4) is 0 Å². The molecule has 0 unspecified atom stereocenters. The number of rotatable bonds is 4. The van der Waals surface area contributed by atoms with E-state index in [0.717, 1.165) is 17.2 Å². The number of aromatic nitrogens is 3. The molecule has 0 aliphatic carbocycles. The summed E-state index contributed by atoms with van der Waals surface area (Å²) in [5.74, 6) is 0.788. The van der Waals surface area contributed by atoms with E-state index < -0.39 is 10.0 Å². The van der Waals surface area contributed by atoms with Gasteiger partial charge < -0.3 is 0 Å². The number of thiophene rings is 1. The molecule has 0 radical (unpaired) electrons. The van der Waals surface area contributed by atoms with Crippen molar-refractivity contribution in [3.8, 4) is 0 Å². The molecule has 1 fully saturated rings. The van der Waals surface area contributed by atoms with Crippen LogP contribution in [0.2, 0.25) is 4.34 Å². The summed E-state index contributed by atoms with van der Waals surface area (Å²) < 4.78 is 27.2. The highest BCUT2D eigenvalue weighted by atomic mass is 35.5. The van der Waals surface area contributed by atoms with Crippen molar-refractivity contribution >= 4 is 33.0 Å². The summed E-state index contributed by atoms with van der Waals surface area (Å²) in [7, 11) is -3.42. The standard InChI is InChI=1S/C11H14ClN5O2S2/c12-9-1-2-11(20-9)21(18,19)17-5-3-16(4-6-17)7-10-13-8-14-15-10/h1-2,8H,3-7H2,(H,13,14,15). The second-order valence-corrected chi connectivity index (χ2v) is 8.55. The SMILES string of the molecule is O=S(=O)(c1ccc(Cl)s1)N1CCN(Cc2ncn[nH]2)CC1. The van der Waals surface area contributed by atoms with Gasteiger partial charge in [0.2, 0.25) is 0 Å². The Labute approximate surface area is 131 Å². The van der Waals surface area contributed by atoms with Crippen molar-refractivity contribution in [2.45, 2.75) is 10.8 Å². The molecular formula is C11H14ClN5O2S2. The van der Waals surface area contributed by atoms with Crippen molar-refractivity contribution in [2.24, 2.45) is 0 Å². The number of hydrogen-bond acceptors (Lipinski definition) is 6. The largest absolute Gasteiger partial charge is 0.293 e. The van der Waals surface area contributed by atoms with Gasteiger partial charge in [-0.15, -0.1) is 11.3 Å². The van der Waals surface area contributed by atoms with Crippen LogP contribution < -0.4 is 0 Å². The van der Waals surface area contributed by atoms with E-state index in [1.54, 1.807) is 12.1 Å². The zero-order valence-electron chi connectivity index (χ0n) is 11.1. The lowest BCUT2D eigenvalue weighted by Crippen LogP contribution is -2.48. The number of sulfonamides is 1. The predicted octanol–water partition coefficient (Wildman–Crippen LogP) is 1.03. The highest BCUT2D eigenvalue weighted by Gasteiger charge is 2.29. The normalized spacial score (nSPS) is 18.1. The van der Waals surface area contributed by atoms with Crippen molar-refractivity contribution in [1.82, 2.24) is 24.4 Å². The molecule has 2 aromatic rings. The summed E-state index contributed by atoms with van der Waals surface area (Å²) in [6.45, 7) is 2.91. The Bertz CT molecular complexity index is 692. The number of aromatic amines is 1. The Kier molecular flexibility index (Phi) is 4.27. The first-order valence-corrected chi connectivity index (χ1v) is 9.01. The molecule has 10 heteroatoms. The molecule has 21 heavy (non-hydrogen) atoms. The topological polar surface area (TPSA) is 82.2 Å². The minimum absolute atomic E-state index is 0.302. The fourth-order valence-corrected chi connectivity index (χ4v) is 5.27. The Morgan fingerprint density at radius 1 is 1.29 bits per heavy atom. The molecule has 3 heterocycles. The molecule has 114 valence electrons. The van der Waals surface area contributed by atoms with Gasteiger partial charge in [-0.1, -0.05) is 11.6 Å². The number of piperazine rings is 1. The average Bonchev–Trinajstić information content (AvgIpc) is 3.11. The summed E-state index contributed by atoms with van der Waals surface area (Å²) in [6.07, 6.45) is 1.47. The Balaban J connectivity index is 1.63. The van der Waals surface area contributed by atoms with Crippen LogP contribution in [0.15, 0.2) is 22.7 Å². The fourth-order valence-electron chi connectivity index (χ4n) is 2.21. The molecule has 1 saturated heterocycles. The lowest BCUT2D eigenvalue weighted by atomic mass is 10.3. The van der Waals surface area contributed by atoms with Crippen molar-refractivity contribution in [2.75, 3.05) is 26.2 Å². The van der Waals surface area contributed by atoms with Crippen LogP contribution in [0.4, 0.5) is 0 Å². The van der Waals surface area contributed by atoms with Gasteiger partial charge in [0.05, 0.1) is 10.9 Å². The van der Waals surface area contributed by atoms with E-state index in [2.05, 4.69) is 20.1 Å². The average molecular weight is 348 g/mol. The maximum absolute atomic E-state index is 12.5. The van der Waals surface area contributed by atoms with Gasteiger partial charge >= 0.3 is 0 Å². The summed E-state index contributed by atoms with van der Waals surface area (Å²) in [5.41, 5.74) is 0. The van der Waals surface area contributed by atoms with Gasteiger partial charge in [0.1, 0.15) is 16.4 Å². The summed E-state index contributed by atoms with van der Waals surface area (Å²) in [6, 6.07) is 3.17. The lowest BCUT2D eigenvalue weighted by molar-refractivity contribution is 0.178. The molecule has 2 aromatic heterocycles. The Morgan fingerprint density at radius 2 is 2.05 bits per heavy atom. The highest BCUT2D eigenvalue weighted by molar-refractivity contribution is 7.91. The predicted molar refractivity (Wildman–Crippen MR) is 79.7 cm³/mol. The number of nitrogens with one attached hydrogen (secondary N) is 1. The molecule has 3 rings (SSSR count). The second kappa shape index (κ2) is 6.01. The molecule has 0 saturated carbocycles. The van der Waals surface area contributed by atoms with Crippen LogP contribution in [0, 0.1) is 0 Å². The van der Waals surface area contributed by atoms with Crippen LogP contribution in [0.25, 0.3) is 0 Å². The van der Waals surface area contributed by atoms with Crippen LogP contribution in [-0.2, 0) is 16.6 Å². The van der Waals surface area contributed by atoms with Gasteiger partial charge in [0, 0.05) is 26.2 Å². The first kappa shape index (κ1) is 14.9. The molecule has 0 bridgehead atoms. The maximum atomic E-state index is 12.5. The molecule has 1 aliphatic rings. The third-order valence-corrected chi connectivity index (χ3v) is 6.91. The second-order valence-electron chi connectivity index (χ2n) is 4.67. The number of H-pyrrole nitrogens is 1. The van der Waals surface area contributed by atoms with E-state index >= 15 is 0 Å². The van der Waals surface area contributed by atoms with Crippen LogP contribution in [0.5, 0.6) is 0 Å². The van der Waals surface area contributed by atoms with Crippen LogP contribution in [0.1, 0.15) is 5.82 Å². The molecule has 7 nitrogen and oxygen atoms in total. The lowest BCUT2D eigenvalue weighted by Gasteiger charge is -2.33. The van der Waals surface area contributed by atoms with E-state index in [1.807, 2.05) is 0 Å². The van der Waals surface area contributed by atoms with Crippen molar-refractivity contribution in [3.63, 3.8) is 0 Å². The monoisotopic (exact) mass is 347 g/mol. The zero-order chi connectivity index (χ0) is 14.9. The minimum Gasteiger partial charge on any atom is -0.293 e. The van der Waals surface area contributed by atoms with Gasteiger partial charge in [-0.2, -0.15) is 9.40 Å². The molecule has 1 aliphatic heterocycles. The molecule has 0 aromatic carbocycles. The van der Waals surface area contributed by atoms with Gasteiger partial charge in [-0.05, 0) is 12.1 Å². The third-order valence-electron chi connectivity index (χ3n) is 3.31. The van der Waals surface area contributed by atoms with Crippen LogP contribution in [-0.4, -0.2) is 59.0 Å². The third kappa shape index (κ3) is 3.27.